The van der Waals surface area contributed by atoms with Crippen molar-refractivity contribution in [3.05, 3.63) is 64.8 Å². The number of hydrogen-bond donors (Lipinski definition) is 3. The number of benzene rings is 2. The first kappa shape index (κ1) is 29.0. The van der Waals surface area contributed by atoms with Gasteiger partial charge in [-0.05, 0) is 82.5 Å². The number of nitrogens with zero attached hydrogens (tertiary/aromatic N) is 3. The summed E-state index contributed by atoms with van der Waals surface area (Å²) in [5, 5.41) is 27.5. The second-order valence-corrected chi connectivity index (χ2v) is 11.0. The Labute approximate surface area is 238 Å². The number of halogens is 1. The lowest BCUT2D eigenvalue weighted by Crippen LogP contribution is -2.51. The standard InChI is InChI=1S/C30H33ClN4O5/c1-30(2,3)40-29(39)35-15-5-4-6-25(35)28(38)32-23-12-8-20(9-13-23)7-10-21-19-34(16-17-36)33-27(21)24-18-22(31)11-14-26(24)37/h8-9,11-14,18-19,25,36-37H,4-6,15-17H2,1-3H3,(H,32,38)/t25-/m1/s1. The van der Waals surface area contributed by atoms with Crippen molar-refractivity contribution in [2.45, 2.75) is 58.2 Å². The number of phenolic OH excluding ortho intramolecular Hbond substituents is 1. The van der Waals surface area contributed by atoms with E-state index in [2.05, 4.69) is 22.3 Å². The van der Waals surface area contributed by atoms with E-state index < -0.39 is 17.7 Å². The Kier molecular flexibility index (Phi) is 9.03. The van der Waals surface area contributed by atoms with Crippen molar-refractivity contribution in [2.24, 2.45) is 0 Å². The normalized spacial score (nSPS) is 15.2. The second kappa shape index (κ2) is 12.5. The molecular weight excluding hydrogens is 532 g/mol. The van der Waals surface area contributed by atoms with E-state index in [1.54, 1.807) is 68.0 Å². The number of aromatic nitrogens is 2. The predicted molar refractivity (Wildman–Crippen MR) is 153 cm³/mol. The van der Waals surface area contributed by atoms with Crippen molar-refractivity contribution in [2.75, 3.05) is 18.5 Å². The quantitative estimate of drug-likeness (QED) is 0.374. The molecule has 1 aromatic heterocycles. The SMILES string of the molecule is CC(C)(C)OC(=O)N1CCCC[C@@H]1C(=O)Nc1ccc(C#Cc2cn(CCO)nc2-c2cc(Cl)ccc2O)cc1. The van der Waals surface area contributed by atoms with Gasteiger partial charge in [-0.25, -0.2) is 4.79 Å². The summed E-state index contributed by atoms with van der Waals surface area (Å²) in [6, 6.07) is 11.2. The molecule has 0 bridgehead atoms. The minimum Gasteiger partial charge on any atom is -0.507 e. The summed E-state index contributed by atoms with van der Waals surface area (Å²) in [5.74, 6) is 5.93. The number of carbonyl (C=O) groups is 2. The van der Waals surface area contributed by atoms with Crippen molar-refractivity contribution in [1.82, 2.24) is 14.7 Å². The fourth-order valence-corrected chi connectivity index (χ4v) is 4.54. The van der Waals surface area contributed by atoms with Gasteiger partial charge in [0.2, 0.25) is 5.91 Å². The predicted octanol–water partition coefficient (Wildman–Crippen LogP) is 5.03. The first-order chi connectivity index (χ1) is 19.0. The average Bonchev–Trinajstić information content (AvgIpc) is 3.31. The summed E-state index contributed by atoms with van der Waals surface area (Å²) in [5.41, 5.74) is 2.09. The van der Waals surface area contributed by atoms with Crippen molar-refractivity contribution >= 4 is 29.3 Å². The number of phenols is 1. The topological polar surface area (TPSA) is 117 Å². The molecule has 1 aliphatic rings. The third-order valence-electron chi connectivity index (χ3n) is 6.23. The van der Waals surface area contributed by atoms with Crippen LogP contribution in [-0.4, -0.2) is 61.7 Å². The lowest BCUT2D eigenvalue weighted by Gasteiger charge is -2.35. The molecule has 0 aliphatic carbocycles. The van der Waals surface area contributed by atoms with Gasteiger partial charge >= 0.3 is 6.09 Å². The van der Waals surface area contributed by atoms with E-state index >= 15 is 0 Å². The van der Waals surface area contributed by atoms with E-state index in [0.29, 0.717) is 46.1 Å². The van der Waals surface area contributed by atoms with Crippen LogP contribution in [0.4, 0.5) is 10.5 Å². The number of anilines is 1. The van der Waals surface area contributed by atoms with Crippen molar-refractivity contribution in [1.29, 1.82) is 0 Å². The first-order valence-electron chi connectivity index (χ1n) is 13.1. The lowest BCUT2D eigenvalue weighted by atomic mass is 10.0. The molecular formula is C30H33ClN4O5. The van der Waals surface area contributed by atoms with Gasteiger partial charge in [0.15, 0.2) is 0 Å². The van der Waals surface area contributed by atoms with Gasteiger partial charge in [-0.1, -0.05) is 23.4 Å². The number of aromatic hydroxyl groups is 1. The molecule has 0 saturated carbocycles. The lowest BCUT2D eigenvalue weighted by molar-refractivity contribution is -0.122. The highest BCUT2D eigenvalue weighted by atomic mass is 35.5. The number of amides is 2. The van der Waals surface area contributed by atoms with Crippen LogP contribution in [0.25, 0.3) is 11.3 Å². The zero-order valence-corrected chi connectivity index (χ0v) is 23.5. The number of likely N-dealkylation sites (tertiary alicyclic amines) is 1. The zero-order chi connectivity index (χ0) is 28.9. The summed E-state index contributed by atoms with van der Waals surface area (Å²) in [6.07, 6.45) is 3.48. The molecule has 210 valence electrons. The smallest absolute Gasteiger partial charge is 0.410 e. The molecule has 3 aromatic rings. The third kappa shape index (κ3) is 7.34. The van der Waals surface area contributed by atoms with Crippen LogP contribution < -0.4 is 5.32 Å². The van der Waals surface area contributed by atoms with E-state index in [9.17, 15) is 19.8 Å². The minimum absolute atomic E-state index is 0.0185. The van der Waals surface area contributed by atoms with Gasteiger partial charge < -0.3 is 20.3 Å². The highest BCUT2D eigenvalue weighted by Crippen LogP contribution is 2.32. The van der Waals surface area contributed by atoms with Crippen LogP contribution >= 0.6 is 11.6 Å². The molecule has 0 unspecified atom stereocenters. The molecule has 0 radical (unpaired) electrons. The molecule has 40 heavy (non-hydrogen) atoms. The number of piperidine rings is 1. The van der Waals surface area contributed by atoms with Gasteiger partial charge in [0.25, 0.3) is 0 Å². The molecule has 1 saturated heterocycles. The van der Waals surface area contributed by atoms with Crippen LogP contribution in [0.1, 0.15) is 51.2 Å². The van der Waals surface area contributed by atoms with Gasteiger partial charge in [0.1, 0.15) is 23.1 Å². The first-order valence-corrected chi connectivity index (χ1v) is 13.5. The van der Waals surface area contributed by atoms with E-state index in [1.807, 2.05) is 0 Å². The number of carbonyl (C=O) groups excluding carboxylic acids is 2. The second-order valence-electron chi connectivity index (χ2n) is 10.5. The molecule has 1 fully saturated rings. The largest absolute Gasteiger partial charge is 0.507 e. The maximum atomic E-state index is 13.1. The molecule has 10 heteroatoms. The maximum Gasteiger partial charge on any atom is 0.410 e. The van der Waals surface area contributed by atoms with E-state index in [4.69, 9.17) is 16.3 Å². The Balaban J connectivity index is 1.49. The molecule has 1 atom stereocenters. The minimum atomic E-state index is -0.640. The molecule has 2 aromatic carbocycles. The van der Waals surface area contributed by atoms with Crippen LogP contribution in [0.3, 0.4) is 0 Å². The van der Waals surface area contributed by atoms with E-state index in [1.165, 1.54) is 11.0 Å². The maximum absolute atomic E-state index is 13.1. The molecule has 1 aliphatic heterocycles. The highest BCUT2D eigenvalue weighted by Gasteiger charge is 2.34. The molecule has 0 spiro atoms. The zero-order valence-electron chi connectivity index (χ0n) is 22.8. The number of rotatable bonds is 5. The Morgan fingerprint density at radius 1 is 1.15 bits per heavy atom. The van der Waals surface area contributed by atoms with Crippen LogP contribution in [-0.2, 0) is 16.1 Å². The van der Waals surface area contributed by atoms with E-state index in [-0.39, 0.29) is 24.8 Å². The van der Waals surface area contributed by atoms with Crippen molar-refractivity contribution in [3.63, 3.8) is 0 Å². The fraction of sp³-hybridized carbons (Fsp3) is 0.367. The highest BCUT2D eigenvalue weighted by molar-refractivity contribution is 6.31. The van der Waals surface area contributed by atoms with Gasteiger partial charge in [-0.15, -0.1) is 0 Å². The molecule has 9 nitrogen and oxygen atoms in total. The summed E-state index contributed by atoms with van der Waals surface area (Å²) >= 11 is 6.13. The number of nitrogens with one attached hydrogen (secondary N) is 1. The van der Waals surface area contributed by atoms with Crippen LogP contribution in [0, 0.1) is 11.8 Å². The van der Waals surface area contributed by atoms with Crippen molar-refractivity contribution < 1.29 is 24.5 Å². The van der Waals surface area contributed by atoms with Crippen LogP contribution in [0.15, 0.2) is 48.7 Å². The Morgan fingerprint density at radius 2 is 1.90 bits per heavy atom. The van der Waals surface area contributed by atoms with E-state index in [0.717, 1.165) is 12.8 Å². The number of aliphatic hydroxyl groups is 1. The van der Waals surface area contributed by atoms with Gasteiger partial charge in [-0.2, -0.15) is 5.10 Å². The van der Waals surface area contributed by atoms with Gasteiger partial charge in [0, 0.05) is 34.6 Å². The summed E-state index contributed by atoms with van der Waals surface area (Å²) < 4.78 is 7.06. The number of ether oxygens (including phenoxy) is 1. The van der Waals surface area contributed by atoms with Gasteiger partial charge in [-0.3, -0.25) is 14.4 Å². The van der Waals surface area contributed by atoms with Crippen molar-refractivity contribution in [3.8, 4) is 28.8 Å². The molecule has 2 heterocycles. The Morgan fingerprint density at radius 3 is 2.60 bits per heavy atom. The monoisotopic (exact) mass is 564 g/mol. The Bertz CT molecular complexity index is 1430. The van der Waals surface area contributed by atoms with Crippen LogP contribution in [0.5, 0.6) is 5.75 Å². The van der Waals surface area contributed by atoms with Gasteiger partial charge in [0.05, 0.1) is 18.7 Å². The summed E-state index contributed by atoms with van der Waals surface area (Å²) in [7, 11) is 0. The average molecular weight is 565 g/mol. The molecule has 4 rings (SSSR count). The third-order valence-corrected chi connectivity index (χ3v) is 6.47. The Hall–Kier alpha value is -4.00. The molecule has 2 amide bonds. The molecule has 3 N–H and O–H groups in total. The summed E-state index contributed by atoms with van der Waals surface area (Å²) in [4.78, 5) is 27.3. The fourth-order valence-electron chi connectivity index (χ4n) is 4.37. The van der Waals surface area contributed by atoms with Crippen LogP contribution in [0.2, 0.25) is 5.02 Å². The number of aliphatic hydroxyl groups excluding tert-OH is 1. The summed E-state index contributed by atoms with van der Waals surface area (Å²) in [6.45, 7) is 6.06. The number of hydrogen-bond acceptors (Lipinski definition) is 6.